The van der Waals surface area contributed by atoms with Crippen LogP contribution in [-0.4, -0.2) is 37.9 Å². The summed E-state index contributed by atoms with van der Waals surface area (Å²) in [5, 5.41) is 3.12. The second kappa shape index (κ2) is 9.19. The number of carbonyl (C=O) groups is 1. The van der Waals surface area contributed by atoms with Crippen molar-refractivity contribution < 1.29 is 14.3 Å². The summed E-state index contributed by atoms with van der Waals surface area (Å²) >= 11 is 0. The van der Waals surface area contributed by atoms with E-state index in [1.807, 2.05) is 0 Å². The molecule has 2 heterocycles. The summed E-state index contributed by atoms with van der Waals surface area (Å²) in [6.45, 7) is 11.3. The van der Waals surface area contributed by atoms with Gasteiger partial charge in [-0.3, -0.25) is 4.79 Å². The third kappa shape index (κ3) is 6.03. The molecule has 24 heavy (non-hydrogen) atoms. The minimum Gasteiger partial charge on any atom is -0.378 e. The highest BCUT2D eigenvalue weighted by atomic mass is 16.5. The number of rotatable bonds is 8. The lowest BCUT2D eigenvalue weighted by Crippen LogP contribution is -2.42. The second-order valence-electron chi connectivity index (χ2n) is 8.66. The van der Waals surface area contributed by atoms with E-state index < -0.39 is 0 Å². The Hall–Kier alpha value is -0.610. The van der Waals surface area contributed by atoms with Crippen LogP contribution in [0.15, 0.2) is 0 Å². The minimum absolute atomic E-state index is 0.109. The maximum absolute atomic E-state index is 12.6. The summed E-state index contributed by atoms with van der Waals surface area (Å²) in [6, 6.07) is 0. The Morgan fingerprint density at radius 1 is 1.21 bits per heavy atom. The summed E-state index contributed by atoms with van der Waals surface area (Å²) in [4.78, 5) is 12.6. The number of amides is 1. The van der Waals surface area contributed by atoms with Crippen molar-refractivity contribution in [1.82, 2.24) is 5.32 Å². The van der Waals surface area contributed by atoms with Crippen LogP contribution in [0, 0.1) is 17.3 Å². The van der Waals surface area contributed by atoms with Crippen molar-refractivity contribution >= 4 is 5.91 Å². The van der Waals surface area contributed by atoms with Gasteiger partial charge in [-0.2, -0.15) is 0 Å². The molecule has 0 aliphatic carbocycles. The molecule has 0 unspecified atom stereocenters. The molecule has 0 spiro atoms. The number of hydrogen-bond donors (Lipinski definition) is 1. The molecule has 140 valence electrons. The molecule has 1 N–H and O–H groups in total. The zero-order valence-electron chi connectivity index (χ0n) is 16.1. The van der Waals surface area contributed by atoms with Gasteiger partial charge in [0.15, 0.2) is 0 Å². The molecule has 2 saturated heterocycles. The smallest absolute Gasteiger partial charge is 0.220 e. The first-order valence-electron chi connectivity index (χ1n) is 9.90. The molecule has 0 aromatic carbocycles. The lowest BCUT2D eigenvalue weighted by atomic mass is 9.69. The average molecular weight is 340 g/mol. The van der Waals surface area contributed by atoms with E-state index in [0.717, 1.165) is 45.3 Å². The van der Waals surface area contributed by atoms with E-state index in [1.165, 1.54) is 6.42 Å². The highest BCUT2D eigenvalue weighted by molar-refractivity contribution is 5.76. The van der Waals surface area contributed by atoms with Gasteiger partial charge in [-0.05, 0) is 49.4 Å². The predicted octanol–water partition coefficient (Wildman–Crippen LogP) is 3.93. The van der Waals surface area contributed by atoms with Gasteiger partial charge in [-0.15, -0.1) is 0 Å². The molecule has 0 aromatic heterocycles. The number of carbonyl (C=O) groups excluding carboxylic acids is 1. The Labute approximate surface area is 148 Å². The van der Waals surface area contributed by atoms with Gasteiger partial charge in [0.1, 0.15) is 0 Å². The third-order valence-electron chi connectivity index (χ3n) is 5.68. The van der Waals surface area contributed by atoms with E-state index in [0.29, 0.717) is 24.8 Å². The summed E-state index contributed by atoms with van der Waals surface area (Å²) in [7, 11) is 0. The van der Waals surface area contributed by atoms with Gasteiger partial charge in [0.25, 0.3) is 0 Å². The number of nitrogens with one attached hydrogen (secondary N) is 1. The van der Waals surface area contributed by atoms with E-state index in [-0.39, 0.29) is 23.5 Å². The minimum atomic E-state index is 0.109. The quantitative estimate of drug-likeness (QED) is 0.729. The van der Waals surface area contributed by atoms with Crippen molar-refractivity contribution in [3.63, 3.8) is 0 Å². The fourth-order valence-electron chi connectivity index (χ4n) is 3.95. The third-order valence-corrected chi connectivity index (χ3v) is 5.68. The summed E-state index contributed by atoms with van der Waals surface area (Å²) < 4.78 is 11.6. The molecule has 0 saturated carbocycles. The number of hydrogen-bond acceptors (Lipinski definition) is 3. The van der Waals surface area contributed by atoms with Gasteiger partial charge in [0, 0.05) is 26.2 Å². The zero-order chi connectivity index (χ0) is 17.6. The second-order valence-corrected chi connectivity index (χ2v) is 8.66. The van der Waals surface area contributed by atoms with Crippen molar-refractivity contribution in [1.29, 1.82) is 0 Å². The average Bonchev–Trinajstić information content (AvgIpc) is 3.05. The van der Waals surface area contributed by atoms with Crippen molar-refractivity contribution in [3.8, 4) is 0 Å². The highest BCUT2D eigenvalue weighted by Gasteiger charge is 2.39. The Kier molecular flexibility index (Phi) is 7.55. The van der Waals surface area contributed by atoms with Gasteiger partial charge in [0.2, 0.25) is 5.91 Å². The molecule has 0 aromatic rings. The molecular weight excluding hydrogens is 302 g/mol. The van der Waals surface area contributed by atoms with Gasteiger partial charge in [-0.1, -0.05) is 34.1 Å². The summed E-state index contributed by atoms with van der Waals surface area (Å²) in [5.74, 6) is 1.38. The molecule has 2 rings (SSSR count). The molecule has 3 atom stereocenters. The first-order chi connectivity index (χ1) is 11.4. The van der Waals surface area contributed by atoms with Gasteiger partial charge >= 0.3 is 0 Å². The number of ether oxygens (including phenoxy) is 2. The molecule has 2 aliphatic heterocycles. The van der Waals surface area contributed by atoms with E-state index >= 15 is 0 Å². The van der Waals surface area contributed by atoms with E-state index in [4.69, 9.17) is 9.47 Å². The van der Waals surface area contributed by atoms with Crippen LogP contribution in [0.2, 0.25) is 0 Å². The van der Waals surface area contributed by atoms with Crippen molar-refractivity contribution in [3.05, 3.63) is 0 Å². The van der Waals surface area contributed by atoms with Crippen LogP contribution in [0.25, 0.3) is 0 Å². The van der Waals surface area contributed by atoms with Crippen LogP contribution in [0.1, 0.15) is 72.6 Å². The highest BCUT2D eigenvalue weighted by Crippen LogP contribution is 2.43. The maximum atomic E-state index is 12.6. The Morgan fingerprint density at radius 3 is 2.62 bits per heavy atom. The van der Waals surface area contributed by atoms with Crippen LogP contribution in [0.4, 0.5) is 0 Å². The maximum Gasteiger partial charge on any atom is 0.220 e. The Morgan fingerprint density at radius 2 is 2.00 bits per heavy atom. The normalized spacial score (nSPS) is 30.9. The van der Waals surface area contributed by atoms with Gasteiger partial charge in [0.05, 0.1) is 12.2 Å². The monoisotopic (exact) mass is 339 g/mol. The van der Waals surface area contributed by atoms with Crippen LogP contribution in [0.5, 0.6) is 0 Å². The fourth-order valence-corrected chi connectivity index (χ4v) is 3.95. The Balaban J connectivity index is 1.92. The molecule has 0 bridgehead atoms. The molecule has 1 amide bonds. The molecule has 4 nitrogen and oxygen atoms in total. The molecule has 2 aliphatic rings. The lowest BCUT2D eigenvalue weighted by Gasteiger charge is -2.42. The predicted molar refractivity (Wildman–Crippen MR) is 96.9 cm³/mol. The summed E-state index contributed by atoms with van der Waals surface area (Å²) in [5.41, 5.74) is 0.109. The van der Waals surface area contributed by atoms with Crippen LogP contribution >= 0.6 is 0 Å². The first-order valence-corrected chi connectivity index (χ1v) is 9.90. The molecule has 4 heteroatoms. The molecular formula is C20H37NO3. The van der Waals surface area contributed by atoms with Gasteiger partial charge < -0.3 is 14.8 Å². The van der Waals surface area contributed by atoms with Crippen molar-refractivity contribution in [2.24, 2.45) is 17.3 Å². The largest absolute Gasteiger partial charge is 0.378 e. The first kappa shape index (κ1) is 19.7. The molecule has 0 radical (unpaired) electrons. The topological polar surface area (TPSA) is 47.6 Å². The van der Waals surface area contributed by atoms with Crippen LogP contribution in [-0.2, 0) is 14.3 Å². The van der Waals surface area contributed by atoms with Crippen LogP contribution < -0.4 is 5.32 Å². The van der Waals surface area contributed by atoms with E-state index in [1.54, 1.807) is 0 Å². The summed E-state index contributed by atoms with van der Waals surface area (Å²) in [6.07, 6.45) is 7.68. The van der Waals surface area contributed by atoms with Crippen molar-refractivity contribution in [2.45, 2.75) is 84.8 Å². The molecule has 2 fully saturated rings. The van der Waals surface area contributed by atoms with Crippen molar-refractivity contribution in [2.75, 3.05) is 19.8 Å². The van der Waals surface area contributed by atoms with E-state index in [9.17, 15) is 4.79 Å². The van der Waals surface area contributed by atoms with E-state index in [2.05, 4.69) is 33.0 Å². The fraction of sp³-hybridized carbons (Fsp3) is 0.950. The van der Waals surface area contributed by atoms with Gasteiger partial charge in [-0.25, -0.2) is 0 Å². The SMILES string of the molecule is CC(C)CC[C@]1(CC(=O)NC[C@@H]2CCCO2)CCO[C@H](C(C)C)C1. The van der Waals surface area contributed by atoms with Crippen LogP contribution in [0.3, 0.4) is 0 Å². The standard InChI is InChI=1S/C20H37NO3/c1-15(2)7-8-20(9-11-24-18(12-20)16(3)4)13-19(22)21-14-17-6-5-10-23-17/h15-18H,5-14H2,1-4H3,(H,21,22)/t17-,18-,20-/m0/s1. The Bertz CT molecular complexity index is 390. The lowest BCUT2D eigenvalue weighted by molar-refractivity contribution is -0.129. The zero-order valence-corrected chi connectivity index (χ0v) is 16.1.